The van der Waals surface area contributed by atoms with E-state index in [9.17, 15) is 13.2 Å². The van der Waals surface area contributed by atoms with E-state index >= 15 is 0 Å². The Kier molecular flexibility index (Phi) is 5.97. The molecule has 1 aromatic rings. The van der Waals surface area contributed by atoms with Crippen LogP contribution in [0.3, 0.4) is 0 Å². The third-order valence-corrected chi connectivity index (χ3v) is 5.82. The molecule has 0 unspecified atom stereocenters. The van der Waals surface area contributed by atoms with Crippen LogP contribution < -0.4 is 5.32 Å². The highest BCUT2D eigenvalue weighted by Crippen LogP contribution is 2.12. The van der Waals surface area contributed by atoms with E-state index in [-0.39, 0.29) is 11.7 Å². The summed E-state index contributed by atoms with van der Waals surface area (Å²) in [6.45, 7) is 3.36. The summed E-state index contributed by atoms with van der Waals surface area (Å²) in [5.41, 5.74) is 2.34. The Balaban J connectivity index is 1.69. The molecule has 6 heteroatoms. The first-order chi connectivity index (χ1) is 10.5. The van der Waals surface area contributed by atoms with E-state index in [0.29, 0.717) is 32.5 Å². The lowest BCUT2D eigenvalue weighted by atomic mass is 10.1. The van der Waals surface area contributed by atoms with Gasteiger partial charge in [-0.15, -0.1) is 0 Å². The molecule has 122 valence electrons. The number of hydrogen-bond acceptors (Lipinski definition) is 3. The summed E-state index contributed by atoms with van der Waals surface area (Å²) in [5, 5.41) is 2.81. The number of carbonyl (C=O) groups excluding carboxylic acids is 1. The van der Waals surface area contributed by atoms with Crippen molar-refractivity contribution in [3.63, 3.8) is 0 Å². The topological polar surface area (TPSA) is 66.5 Å². The quantitative estimate of drug-likeness (QED) is 0.862. The molecule has 1 fully saturated rings. The Morgan fingerprint density at radius 3 is 2.86 bits per heavy atom. The van der Waals surface area contributed by atoms with Gasteiger partial charge in [0.1, 0.15) is 0 Å². The predicted octanol–water partition coefficient (Wildman–Crippen LogP) is 1.47. The maximum absolute atomic E-state index is 11.8. The Labute approximate surface area is 132 Å². The molecule has 1 saturated heterocycles. The Hall–Kier alpha value is -1.40. The Bertz CT molecular complexity index is 614. The van der Waals surface area contributed by atoms with Crippen molar-refractivity contribution in [2.24, 2.45) is 0 Å². The average molecular weight is 324 g/mol. The molecule has 0 spiro atoms. The van der Waals surface area contributed by atoms with Crippen LogP contribution in [0.1, 0.15) is 30.4 Å². The molecule has 1 aliphatic heterocycles. The fourth-order valence-electron chi connectivity index (χ4n) is 2.63. The second-order valence-electron chi connectivity index (χ2n) is 5.76. The zero-order valence-electron chi connectivity index (χ0n) is 13.0. The van der Waals surface area contributed by atoms with Gasteiger partial charge in [0.25, 0.3) is 0 Å². The zero-order chi connectivity index (χ0) is 16.0. The average Bonchev–Trinajstić information content (AvgIpc) is 2.47. The van der Waals surface area contributed by atoms with Crippen molar-refractivity contribution in [3.05, 3.63) is 35.4 Å². The molecule has 0 aliphatic carbocycles. The SMILES string of the molecule is Cc1cccc(CCC(=O)NCCN2CCCCS2(=O)=O)c1. The van der Waals surface area contributed by atoms with E-state index < -0.39 is 10.0 Å². The molecule has 1 N–H and O–H groups in total. The minimum absolute atomic E-state index is 0.0316. The van der Waals surface area contributed by atoms with Crippen LogP contribution in [0, 0.1) is 6.92 Å². The van der Waals surface area contributed by atoms with Crippen molar-refractivity contribution in [2.45, 2.75) is 32.6 Å². The maximum atomic E-state index is 11.8. The molecular formula is C16H24N2O3S. The van der Waals surface area contributed by atoms with Gasteiger partial charge in [-0.1, -0.05) is 29.8 Å². The van der Waals surface area contributed by atoms with Gasteiger partial charge in [0.2, 0.25) is 15.9 Å². The third-order valence-electron chi connectivity index (χ3n) is 3.86. The van der Waals surface area contributed by atoms with Crippen LogP contribution in [0.2, 0.25) is 0 Å². The van der Waals surface area contributed by atoms with E-state index in [2.05, 4.69) is 11.4 Å². The number of sulfonamides is 1. The largest absolute Gasteiger partial charge is 0.355 e. The second kappa shape index (κ2) is 7.74. The standard InChI is InChI=1S/C16H24N2O3S/c1-14-5-4-6-15(13-14)7-8-16(19)17-9-11-18-10-2-3-12-22(18,20)21/h4-6,13H,2-3,7-12H2,1H3,(H,17,19). The zero-order valence-corrected chi connectivity index (χ0v) is 13.9. The minimum Gasteiger partial charge on any atom is -0.355 e. The third kappa shape index (κ3) is 5.10. The van der Waals surface area contributed by atoms with Crippen LogP contribution in [0.4, 0.5) is 0 Å². The molecular weight excluding hydrogens is 300 g/mol. The van der Waals surface area contributed by atoms with E-state index in [1.807, 2.05) is 25.1 Å². The summed E-state index contributed by atoms with van der Waals surface area (Å²) in [6, 6.07) is 8.11. The molecule has 1 amide bonds. The number of hydrogen-bond donors (Lipinski definition) is 1. The summed E-state index contributed by atoms with van der Waals surface area (Å²) in [7, 11) is -3.10. The first-order valence-electron chi connectivity index (χ1n) is 7.77. The van der Waals surface area contributed by atoms with Crippen molar-refractivity contribution in [1.82, 2.24) is 9.62 Å². The van der Waals surface area contributed by atoms with Gasteiger partial charge in [-0.3, -0.25) is 4.79 Å². The molecule has 2 rings (SSSR count). The monoisotopic (exact) mass is 324 g/mol. The molecule has 0 saturated carbocycles. The van der Waals surface area contributed by atoms with Gasteiger partial charge < -0.3 is 5.32 Å². The van der Waals surface area contributed by atoms with Crippen LogP contribution in [-0.4, -0.2) is 44.0 Å². The summed E-state index contributed by atoms with van der Waals surface area (Å²) in [4.78, 5) is 11.8. The highest BCUT2D eigenvalue weighted by molar-refractivity contribution is 7.89. The second-order valence-corrected chi connectivity index (χ2v) is 7.85. The molecule has 0 atom stereocenters. The smallest absolute Gasteiger partial charge is 0.220 e. The molecule has 0 bridgehead atoms. The molecule has 1 heterocycles. The van der Waals surface area contributed by atoms with Crippen LogP contribution in [0.25, 0.3) is 0 Å². The normalized spacial score (nSPS) is 18.0. The van der Waals surface area contributed by atoms with Gasteiger partial charge in [0.05, 0.1) is 5.75 Å². The highest BCUT2D eigenvalue weighted by Gasteiger charge is 2.24. The first-order valence-corrected chi connectivity index (χ1v) is 9.38. The Morgan fingerprint density at radius 1 is 1.32 bits per heavy atom. The van der Waals surface area contributed by atoms with Gasteiger partial charge >= 0.3 is 0 Å². The fourth-order valence-corrected chi connectivity index (χ4v) is 4.23. The first kappa shape index (κ1) is 17.0. The number of carbonyl (C=O) groups is 1. The van der Waals surface area contributed by atoms with Crippen LogP contribution in [0.15, 0.2) is 24.3 Å². The number of nitrogens with zero attached hydrogens (tertiary/aromatic N) is 1. The van der Waals surface area contributed by atoms with Crippen LogP contribution in [-0.2, 0) is 21.2 Å². The molecule has 0 aromatic heterocycles. The maximum Gasteiger partial charge on any atom is 0.220 e. The van der Waals surface area contributed by atoms with Gasteiger partial charge in [-0.05, 0) is 31.7 Å². The number of amides is 1. The van der Waals surface area contributed by atoms with Gasteiger partial charge in [0.15, 0.2) is 0 Å². The minimum atomic E-state index is -3.10. The number of benzene rings is 1. The van der Waals surface area contributed by atoms with Gasteiger partial charge in [-0.2, -0.15) is 0 Å². The number of nitrogens with one attached hydrogen (secondary N) is 1. The van der Waals surface area contributed by atoms with E-state index in [0.717, 1.165) is 18.4 Å². The van der Waals surface area contributed by atoms with Crippen molar-refractivity contribution in [3.8, 4) is 0 Å². The summed E-state index contributed by atoms with van der Waals surface area (Å²) in [6.07, 6.45) is 2.77. The summed E-state index contributed by atoms with van der Waals surface area (Å²) in [5.74, 6) is 0.199. The van der Waals surface area contributed by atoms with E-state index in [1.54, 1.807) is 0 Å². The number of rotatable bonds is 6. The molecule has 22 heavy (non-hydrogen) atoms. The van der Waals surface area contributed by atoms with E-state index in [1.165, 1.54) is 9.87 Å². The lowest BCUT2D eigenvalue weighted by Crippen LogP contribution is -2.42. The lowest BCUT2D eigenvalue weighted by molar-refractivity contribution is -0.121. The summed E-state index contributed by atoms with van der Waals surface area (Å²) < 4.78 is 25.1. The number of aryl methyl sites for hydroxylation is 2. The van der Waals surface area contributed by atoms with Crippen molar-refractivity contribution in [2.75, 3.05) is 25.4 Å². The molecule has 1 aromatic carbocycles. The van der Waals surface area contributed by atoms with Gasteiger partial charge in [0, 0.05) is 26.1 Å². The van der Waals surface area contributed by atoms with E-state index in [4.69, 9.17) is 0 Å². The summed E-state index contributed by atoms with van der Waals surface area (Å²) >= 11 is 0. The molecule has 5 nitrogen and oxygen atoms in total. The fraction of sp³-hybridized carbons (Fsp3) is 0.562. The van der Waals surface area contributed by atoms with Gasteiger partial charge in [-0.25, -0.2) is 12.7 Å². The molecule has 1 aliphatic rings. The predicted molar refractivity (Wildman–Crippen MR) is 87.1 cm³/mol. The van der Waals surface area contributed by atoms with Crippen molar-refractivity contribution < 1.29 is 13.2 Å². The van der Waals surface area contributed by atoms with Crippen molar-refractivity contribution >= 4 is 15.9 Å². The highest BCUT2D eigenvalue weighted by atomic mass is 32.2. The van der Waals surface area contributed by atoms with Crippen LogP contribution >= 0.6 is 0 Å². The van der Waals surface area contributed by atoms with Crippen molar-refractivity contribution in [1.29, 1.82) is 0 Å². The van der Waals surface area contributed by atoms with Crippen LogP contribution in [0.5, 0.6) is 0 Å². The molecule has 0 radical (unpaired) electrons. The Morgan fingerprint density at radius 2 is 2.14 bits per heavy atom. The lowest BCUT2D eigenvalue weighted by Gasteiger charge is -2.26.